The highest BCUT2D eigenvalue weighted by Crippen LogP contribution is 2.35. The lowest BCUT2D eigenvalue weighted by Gasteiger charge is -2.32. The Morgan fingerprint density at radius 2 is 1.86 bits per heavy atom. The van der Waals surface area contributed by atoms with E-state index in [1.165, 1.54) is 12.1 Å². The van der Waals surface area contributed by atoms with E-state index in [4.69, 9.17) is 5.73 Å². The summed E-state index contributed by atoms with van der Waals surface area (Å²) in [6.07, 6.45) is -3.62. The number of nitrogens with zero attached hydrogens (tertiary/aromatic N) is 3. The monoisotopic (exact) mass is 517 g/mol. The summed E-state index contributed by atoms with van der Waals surface area (Å²) in [4.78, 5) is 30.4. The molecule has 2 aliphatic rings. The zero-order valence-electron chi connectivity index (χ0n) is 21.4. The molecule has 10 heteroatoms. The predicted octanol–water partition coefficient (Wildman–Crippen LogP) is 3.50. The number of nitrogens with two attached hydrogens (primary N) is 1. The minimum Gasteiger partial charge on any atom is -0.369 e. The molecule has 200 valence electrons. The number of halogens is 3. The lowest BCUT2D eigenvalue weighted by atomic mass is 9.89. The van der Waals surface area contributed by atoms with Crippen LogP contribution in [0.15, 0.2) is 36.4 Å². The van der Waals surface area contributed by atoms with E-state index in [2.05, 4.69) is 10.2 Å². The number of nitrogens with one attached hydrogen (secondary N) is 1. The molecule has 2 amide bonds. The van der Waals surface area contributed by atoms with E-state index < -0.39 is 23.6 Å². The van der Waals surface area contributed by atoms with Gasteiger partial charge in [-0.3, -0.25) is 19.4 Å². The summed E-state index contributed by atoms with van der Waals surface area (Å²) in [5.74, 6) is -0.752. The number of fused-ring (bicyclic) bond motifs is 1. The van der Waals surface area contributed by atoms with Crippen LogP contribution in [0.25, 0.3) is 0 Å². The Morgan fingerprint density at radius 1 is 1.11 bits per heavy atom. The summed E-state index contributed by atoms with van der Waals surface area (Å²) < 4.78 is 41.8. The zero-order valence-corrected chi connectivity index (χ0v) is 21.4. The van der Waals surface area contributed by atoms with E-state index in [0.29, 0.717) is 24.7 Å². The number of hydrogen-bond donors (Lipinski definition) is 2. The van der Waals surface area contributed by atoms with Crippen LogP contribution < -0.4 is 11.1 Å². The highest BCUT2D eigenvalue weighted by atomic mass is 19.4. The SMILES string of the molecule is C[C@H]1CN(CC(N)=O)Cc2cc(C(=O)Nc3ccc(CN4CC[C@H](N(C)C)C4)c(C(F)(F)F)c3)ccc21. The molecule has 0 radical (unpaired) electrons. The van der Waals surface area contributed by atoms with Crippen molar-refractivity contribution in [3.63, 3.8) is 0 Å². The number of anilines is 1. The highest BCUT2D eigenvalue weighted by Gasteiger charge is 2.35. The number of alkyl halides is 3. The first-order chi connectivity index (χ1) is 17.4. The average Bonchev–Trinajstić information content (AvgIpc) is 3.27. The Morgan fingerprint density at radius 3 is 2.51 bits per heavy atom. The maximum atomic E-state index is 13.9. The number of hydrogen-bond acceptors (Lipinski definition) is 5. The smallest absolute Gasteiger partial charge is 0.369 e. The van der Waals surface area contributed by atoms with Gasteiger partial charge in [0, 0.05) is 50.0 Å². The quantitative estimate of drug-likeness (QED) is 0.588. The van der Waals surface area contributed by atoms with E-state index in [0.717, 1.165) is 36.7 Å². The van der Waals surface area contributed by atoms with Crippen molar-refractivity contribution >= 4 is 17.5 Å². The number of benzene rings is 2. The Bertz CT molecular complexity index is 1170. The van der Waals surface area contributed by atoms with Crippen molar-refractivity contribution < 1.29 is 22.8 Å². The van der Waals surface area contributed by atoms with Crippen molar-refractivity contribution in [1.29, 1.82) is 0 Å². The van der Waals surface area contributed by atoms with Gasteiger partial charge in [0.05, 0.1) is 12.1 Å². The second kappa shape index (κ2) is 10.8. The number of carbonyl (C=O) groups is 2. The number of likely N-dealkylation sites (tertiary alicyclic amines) is 1. The van der Waals surface area contributed by atoms with E-state index in [1.54, 1.807) is 12.1 Å². The van der Waals surface area contributed by atoms with Crippen LogP contribution in [-0.4, -0.2) is 72.8 Å². The zero-order chi connectivity index (χ0) is 26.9. The number of carbonyl (C=O) groups excluding carboxylic acids is 2. The van der Waals surface area contributed by atoms with Crippen LogP contribution in [0.2, 0.25) is 0 Å². The normalized spacial score (nSPS) is 20.7. The molecule has 0 spiro atoms. The highest BCUT2D eigenvalue weighted by molar-refractivity contribution is 6.04. The fraction of sp³-hybridized carbons (Fsp3) is 0.481. The average molecular weight is 518 g/mol. The largest absolute Gasteiger partial charge is 0.416 e. The molecule has 3 N–H and O–H groups in total. The molecule has 0 aliphatic carbocycles. The van der Waals surface area contributed by atoms with Gasteiger partial charge in [-0.05, 0) is 67.4 Å². The fourth-order valence-electron chi connectivity index (χ4n) is 5.37. The molecule has 1 fully saturated rings. The van der Waals surface area contributed by atoms with Gasteiger partial charge in [-0.2, -0.15) is 13.2 Å². The Labute approximate surface area is 215 Å². The molecular weight excluding hydrogens is 483 g/mol. The first-order valence-electron chi connectivity index (χ1n) is 12.4. The lowest BCUT2D eigenvalue weighted by molar-refractivity contribution is -0.138. The Hall–Kier alpha value is -2.95. The van der Waals surface area contributed by atoms with Crippen LogP contribution >= 0.6 is 0 Å². The molecule has 2 aromatic rings. The maximum absolute atomic E-state index is 13.9. The summed E-state index contributed by atoms with van der Waals surface area (Å²) in [6.45, 7) is 4.99. The van der Waals surface area contributed by atoms with E-state index in [-0.39, 0.29) is 30.3 Å². The number of amides is 2. The second-order valence-electron chi connectivity index (χ2n) is 10.4. The van der Waals surface area contributed by atoms with Gasteiger partial charge in [0.1, 0.15) is 0 Å². The summed E-state index contributed by atoms with van der Waals surface area (Å²) >= 11 is 0. The first kappa shape index (κ1) is 27.1. The van der Waals surface area contributed by atoms with Gasteiger partial charge in [-0.25, -0.2) is 0 Å². The molecular formula is C27H34F3N5O2. The van der Waals surface area contributed by atoms with E-state index >= 15 is 0 Å². The van der Waals surface area contributed by atoms with Gasteiger partial charge < -0.3 is 16.0 Å². The number of primary amides is 1. The molecule has 0 saturated carbocycles. The minimum atomic E-state index is -4.54. The van der Waals surface area contributed by atoms with Crippen LogP contribution in [0.3, 0.4) is 0 Å². The molecule has 1 saturated heterocycles. The third-order valence-electron chi connectivity index (χ3n) is 7.29. The van der Waals surface area contributed by atoms with Gasteiger partial charge in [-0.15, -0.1) is 0 Å². The topological polar surface area (TPSA) is 81.9 Å². The molecule has 2 aliphatic heterocycles. The van der Waals surface area contributed by atoms with Gasteiger partial charge in [-0.1, -0.05) is 19.1 Å². The van der Waals surface area contributed by atoms with Gasteiger partial charge in [0.25, 0.3) is 5.91 Å². The molecule has 7 nitrogen and oxygen atoms in total. The summed E-state index contributed by atoms with van der Waals surface area (Å²) in [5, 5.41) is 2.63. The van der Waals surface area contributed by atoms with Crippen LogP contribution in [0.1, 0.15) is 51.9 Å². The predicted molar refractivity (Wildman–Crippen MR) is 136 cm³/mol. The Balaban J connectivity index is 1.50. The third kappa shape index (κ3) is 6.49. The van der Waals surface area contributed by atoms with Crippen LogP contribution in [0.5, 0.6) is 0 Å². The van der Waals surface area contributed by atoms with E-state index in [9.17, 15) is 22.8 Å². The van der Waals surface area contributed by atoms with Crippen molar-refractivity contribution in [2.75, 3.05) is 45.6 Å². The van der Waals surface area contributed by atoms with Crippen molar-refractivity contribution in [3.05, 3.63) is 64.2 Å². The van der Waals surface area contributed by atoms with E-state index in [1.807, 2.05) is 36.9 Å². The second-order valence-corrected chi connectivity index (χ2v) is 10.4. The standard InChI is InChI=1S/C27H34F3N5O2/c1-17-12-35(16-25(31)36)14-20-10-18(5-7-23(17)20)26(37)32-21-6-4-19(24(11-21)27(28,29)30)13-34-9-8-22(15-34)33(2)3/h4-7,10-11,17,22H,8-9,12-16H2,1-3H3,(H2,31,36)(H,32,37)/t17-,22-/m0/s1. The molecule has 2 heterocycles. The summed E-state index contributed by atoms with van der Waals surface area (Å²) in [7, 11) is 3.96. The minimum absolute atomic E-state index is 0.0927. The van der Waals surface area contributed by atoms with Gasteiger partial charge >= 0.3 is 6.18 Å². The van der Waals surface area contributed by atoms with Gasteiger partial charge in [0.15, 0.2) is 0 Å². The van der Waals surface area contributed by atoms with Crippen molar-refractivity contribution in [2.45, 2.75) is 44.6 Å². The first-order valence-corrected chi connectivity index (χ1v) is 12.4. The maximum Gasteiger partial charge on any atom is 0.416 e. The van der Waals surface area contributed by atoms with Crippen molar-refractivity contribution in [1.82, 2.24) is 14.7 Å². The lowest BCUT2D eigenvalue weighted by Crippen LogP contribution is -2.38. The van der Waals surface area contributed by atoms with Crippen molar-refractivity contribution in [3.8, 4) is 0 Å². The summed E-state index contributed by atoms with van der Waals surface area (Å²) in [6, 6.07) is 9.62. The molecule has 0 bridgehead atoms. The molecule has 37 heavy (non-hydrogen) atoms. The molecule has 0 unspecified atom stereocenters. The van der Waals surface area contributed by atoms with Crippen molar-refractivity contribution in [2.24, 2.45) is 5.73 Å². The van der Waals surface area contributed by atoms with Gasteiger partial charge in [0.2, 0.25) is 5.91 Å². The van der Waals surface area contributed by atoms with Crippen LogP contribution in [-0.2, 0) is 24.1 Å². The molecule has 0 aromatic heterocycles. The fourth-order valence-corrected chi connectivity index (χ4v) is 5.37. The Kier molecular flexibility index (Phi) is 7.91. The number of likely N-dealkylation sites (N-methyl/N-ethyl adjacent to an activating group) is 1. The van der Waals surface area contributed by atoms with Crippen LogP contribution in [0, 0.1) is 0 Å². The van der Waals surface area contributed by atoms with Crippen LogP contribution in [0.4, 0.5) is 18.9 Å². The molecule has 2 atom stereocenters. The molecule has 4 rings (SSSR count). The number of rotatable bonds is 7. The third-order valence-corrected chi connectivity index (χ3v) is 7.29. The summed E-state index contributed by atoms with van der Waals surface area (Å²) in [5.41, 5.74) is 7.22. The molecule has 2 aromatic carbocycles.